The molecule has 1 aromatic heterocycles. The summed E-state index contributed by atoms with van der Waals surface area (Å²) in [5, 5.41) is 29.9. The lowest BCUT2D eigenvalue weighted by Gasteiger charge is -2.02. The number of rotatable bonds is 6. The summed E-state index contributed by atoms with van der Waals surface area (Å²) in [5.74, 6) is 0. The topological polar surface area (TPSA) is 100 Å². The Balaban J connectivity index is 1.29. The first kappa shape index (κ1) is 22.8. The van der Waals surface area contributed by atoms with Crippen LogP contribution >= 0.6 is 0 Å². The molecule has 8 heteroatoms. The summed E-state index contributed by atoms with van der Waals surface area (Å²) in [6.45, 7) is 3.64. The Morgan fingerprint density at radius 1 is 0.556 bits per heavy atom. The summed E-state index contributed by atoms with van der Waals surface area (Å²) >= 11 is 0. The largest absolute Gasteiger partial charge is 0.279 e. The van der Waals surface area contributed by atoms with Crippen molar-refractivity contribution in [2.24, 2.45) is 10.2 Å². The lowest BCUT2D eigenvalue weighted by Crippen LogP contribution is -2.32. The van der Waals surface area contributed by atoms with Gasteiger partial charge >= 0.3 is 0 Å². The molecule has 0 aliphatic heterocycles. The number of hydrazone groups is 2. The van der Waals surface area contributed by atoms with Crippen molar-refractivity contribution in [2.75, 3.05) is 0 Å². The summed E-state index contributed by atoms with van der Waals surface area (Å²) in [5.41, 5.74) is 9.95. The molecule has 36 heavy (non-hydrogen) atoms. The lowest BCUT2D eigenvalue weighted by atomic mass is 10.1. The zero-order valence-electron chi connectivity index (χ0n) is 19.9. The number of nitrogens with zero attached hydrogens (tertiary/aromatic N) is 6. The van der Waals surface area contributed by atoms with E-state index in [9.17, 15) is 0 Å². The maximum absolute atomic E-state index is 4.33. The first-order chi connectivity index (χ1) is 17.7. The van der Waals surface area contributed by atoms with E-state index >= 15 is 0 Å². The van der Waals surface area contributed by atoms with Crippen molar-refractivity contribution in [3.63, 3.8) is 0 Å². The second kappa shape index (κ2) is 10.5. The van der Waals surface area contributed by atoms with Crippen molar-refractivity contribution in [3.8, 4) is 0 Å². The molecule has 0 aliphatic rings. The highest BCUT2D eigenvalue weighted by Crippen LogP contribution is 2.17. The van der Waals surface area contributed by atoms with Gasteiger partial charge in [0.05, 0.1) is 23.8 Å². The van der Waals surface area contributed by atoms with Crippen LogP contribution in [0, 0.1) is 0 Å². The minimum Gasteiger partial charge on any atom is -0.279 e. The molecule has 2 N–H and O–H groups in total. The number of hydrogen-bond acceptors (Lipinski definition) is 8. The molecule has 4 aromatic carbocycles. The standard InChI is InChI=1S/C28H24N8/c1-19(31-29-17-23-13-7-11-21-9-3-5-15-25(21)23)27-33-35-28(36-34-27)20(2)32-30-18-24-14-8-12-22-10-4-6-16-26(22)24/h3-18,31-32H,1-2H3/b27-19?,28-20?,29-17+,30-18+. The van der Waals surface area contributed by atoms with Crippen molar-refractivity contribution in [1.82, 2.24) is 31.2 Å². The molecular weight excluding hydrogens is 448 g/mol. The predicted octanol–water partition coefficient (Wildman–Crippen LogP) is 3.08. The highest BCUT2D eigenvalue weighted by atomic mass is 15.3. The molecule has 0 atom stereocenters. The molecule has 1 heterocycles. The molecule has 0 saturated heterocycles. The Labute approximate surface area is 207 Å². The molecule has 0 unspecified atom stereocenters. The molecule has 5 aromatic rings. The molecule has 5 rings (SSSR count). The van der Waals surface area contributed by atoms with E-state index in [1.807, 2.05) is 62.4 Å². The number of aromatic nitrogens is 4. The highest BCUT2D eigenvalue weighted by Gasteiger charge is 2.00. The second-order valence-electron chi connectivity index (χ2n) is 8.17. The maximum Gasteiger partial charge on any atom is 0.216 e. The van der Waals surface area contributed by atoms with Crippen molar-refractivity contribution in [2.45, 2.75) is 13.8 Å². The van der Waals surface area contributed by atoms with Crippen LogP contribution in [0.1, 0.15) is 25.0 Å². The van der Waals surface area contributed by atoms with Gasteiger partial charge in [-0.15, -0.1) is 20.4 Å². The third-order valence-corrected chi connectivity index (χ3v) is 5.67. The van der Waals surface area contributed by atoms with Gasteiger partial charge in [-0.2, -0.15) is 10.2 Å². The smallest absolute Gasteiger partial charge is 0.216 e. The summed E-state index contributed by atoms with van der Waals surface area (Å²) in [7, 11) is 0. The van der Waals surface area contributed by atoms with E-state index in [0.717, 1.165) is 32.7 Å². The van der Waals surface area contributed by atoms with Crippen molar-refractivity contribution >= 4 is 45.4 Å². The van der Waals surface area contributed by atoms with E-state index in [4.69, 9.17) is 0 Å². The van der Waals surface area contributed by atoms with Crippen LogP contribution in [0.15, 0.2) is 95.1 Å². The number of benzene rings is 4. The van der Waals surface area contributed by atoms with Gasteiger partial charge in [-0.05, 0) is 35.4 Å². The molecule has 0 bridgehead atoms. The first-order valence-corrected chi connectivity index (χ1v) is 11.5. The van der Waals surface area contributed by atoms with Crippen LogP contribution in [0.5, 0.6) is 0 Å². The molecule has 176 valence electrons. The lowest BCUT2D eigenvalue weighted by molar-refractivity contribution is 0.750. The normalized spacial score (nSPS) is 11.4. The van der Waals surface area contributed by atoms with Crippen LogP contribution < -0.4 is 21.8 Å². The SMILES string of the molecule is CC(N/N=C/c1cccc2ccccc12)=c1nnc(=C(C)N/N=C/c2cccc3ccccc23)nn1. The molecule has 0 spiro atoms. The summed E-state index contributed by atoms with van der Waals surface area (Å²) in [6, 6.07) is 28.6. The molecule has 0 aliphatic carbocycles. The van der Waals surface area contributed by atoms with E-state index in [-0.39, 0.29) is 0 Å². The van der Waals surface area contributed by atoms with Gasteiger partial charge < -0.3 is 0 Å². The average molecular weight is 473 g/mol. The highest BCUT2D eigenvalue weighted by molar-refractivity contribution is 6.00. The first-order valence-electron chi connectivity index (χ1n) is 11.5. The summed E-state index contributed by atoms with van der Waals surface area (Å²) in [6.07, 6.45) is 3.55. The average Bonchev–Trinajstić information content (AvgIpc) is 2.93. The van der Waals surface area contributed by atoms with Crippen molar-refractivity contribution in [3.05, 3.63) is 107 Å². The van der Waals surface area contributed by atoms with E-state index in [0.29, 0.717) is 22.4 Å². The fourth-order valence-electron chi connectivity index (χ4n) is 3.75. The molecule has 0 fully saturated rings. The Morgan fingerprint density at radius 3 is 1.39 bits per heavy atom. The zero-order chi connectivity index (χ0) is 24.7. The Kier molecular flexibility index (Phi) is 6.66. The van der Waals surface area contributed by atoms with E-state index < -0.39 is 0 Å². The number of fused-ring (bicyclic) bond motifs is 2. The summed E-state index contributed by atoms with van der Waals surface area (Å²) in [4.78, 5) is 0. The third kappa shape index (κ3) is 5.07. The Bertz CT molecular complexity index is 1560. The molecule has 0 amide bonds. The van der Waals surface area contributed by atoms with Gasteiger partial charge in [0, 0.05) is 11.1 Å². The minimum absolute atomic E-state index is 0.362. The van der Waals surface area contributed by atoms with E-state index in [1.54, 1.807) is 12.4 Å². The van der Waals surface area contributed by atoms with E-state index in [2.05, 4.69) is 77.8 Å². The Hall–Kier alpha value is -4.98. The fourth-order valence-corrected chi connectivity index (χ4v) is 3.75. The van der Waals surface area contributed by atoms with Gasteiger partial charge in [0.2, 0.25) is 11.0 Å². The van der Waals surface area contributed by atoms with Crippen LogP contribution in [0.25, 0.3) is 32.9 Å². The van der Waals surface area contributed by atoms with Crippen LogP contribution in [0.3, 0.4) is 0 Å². The molecule has 8 nitrogen and oxygen atoms in total. The van der Waals surface area contributed by atoms with Gasteiger partial charge in [-0.1, -0.05) is 84.9 Å². The summed E-state index contributed by atoms with van der Waals surface area (Å²) < 4.78 is 0. The monoisotopic (exact) mass is 472 g/mol. The van der Waals surface area contributed by atoms with Gasteiger partial charge in [0.25, 0.3) is 0 Å². The van der Waals surface area contributed by atoms with Crippen LogP contribution in [0.2, 0.25) is 0 Å². The minimum atomic E-state index is 0.362. The number of hydrogen-bond donors (Lipinski definition) is 2. The quantitative estimate of drug-likeness (QED) is 0.291. The van der Waals surface area contributed by atoms with Crippen LogP contribution in [-0.2, 0) is 0 Å². The maximum atomic E-state index is 4.33. The van der Waals surface area contributed by atoms with Crippen molar-refractivity contribution < 1.29 is 0 Å². The Morgan fingerprint density at radius 2 is 0.944 bits per heavy atom. The van der Waals surface area contributed by atoms with E-state index in [1.165, 1.54) is 0 Å². The van der Waals surface area contributed by atoms with Crippen molar-refractivity contribution in [1.29, 1.82) is 0 Å². The molecule has 0 saturated carbocycles. The zero-order valence-corrected chi connectivity index (χ0v) is 19.9. The van der Waals surface area contributed by atoms with Gasteiger partial charge in [0.15, 0.2) is 0 Å². The molecular formula is C28H24N8. The second-order valence-corrected chi connectivity index (χ2v) is 8.17. The molecule has 0 radical (unpaired) electrons. The van der Waals surface area contributed by atoms with Gasteiger partial charge in [-0.25, -0.2) is 0 Å². The number of nitrogens with one attached hydrogen (secondary N) is 2. The predicted molar refractivity (Wildman–Crippen MR) is 144 cm³/mol. The van der Waals surface area contributed by atoms with Crippen LogP contribution in [-0.4, -0.2) is 32.8 Å². The third-order valence-electron chi connectivity index (χ3n) is 5.67. The van der Waals surface area contributed by atoms with Crippen LogP contribution in [0.4, 0.5) is 0 Å². The fraction of sp³-hybridized carbons (Fsp3) is 0.0714. The van der Waals surface area contributed by atoms with Gasteiger partial charge in [0.1, 0.15) is 0 Å². The van der Waals surface area contributed by atoms with Gasteiger partial charge in [-0.3, -0.25) is 10.9 Å².